The van der Waals surface area contributed by atoms with Gasteiger partial charge in [-0.2, -0.15) is 11.8 Å². The number of fused-ring (bicyclic) bond motifs is 1. The first-order chi connectivity index (χ1) is 19.2. The van der Waals surface area contributed by atoms with Crippen molar-refractivity contribution in [1.29, 1.82) is 0 Å². The van der Waals surface area contributed by atoms with Crippen molar-refractivity contribution in [2.75, 3.05) is 22.2 Å². The molecule has 2 amide bonds. The molecule has 1 aliphatic rings. The molecule has 41 heavy (non-hydrogen) atoms. The molecule has 4 rings (SSSR count). The van der Waals surface area contributed by atoms with Gasteiger partial charge in [0.1, 0.15) is 6.04 Å². The van der Waals surface area contributed by atoms with E-state index >= 15 is 0 Å². The lowest BCUT2D eigenvalue weighted by atomic mass is 10.0. The Morgan fingerprint density at radius 1 is 1.07 bits per heavy atom. The number of esters is 1. The van der Waals surface area contributed by atoms with Gasteiger partial charge < -0.3 is 15.8 Å². The summed E-state index contributed by atoms with van der Waals surface area (Å²) >= 11 is 7.89. The van der Waals surface area contributed by atoms with E-state index in [0.717, 1.165) is 16.9 Å². The standard InChI is InChI=1S/C31H34ClN3O4S.ClH/c1-19-7-4-5-9-24(19)29(36)34-23-12-13-25(20(2)17-23)30(37)35-27-14-11-22(32)18-21(27)8-6-10-28(35)39-31(38)26(33)15-16-40-3;/h4-5,7,9,11-14,17-18,26,28H,6,8,10,15-16,33H2,1-3H3,(H,34,36);1H/t26-,28?;/m0./s1. The fourth-order valence-electron chi connectivity index (χ4n) is 4.81. The normalized spacial score (nSPS) is 15.1. The molecular weight excluding hydrogens is 581 g/mol. The van der Waals surface area contributed by atoms with Gasteiger partial charge in [-0.1, -0.05) is 29.8 Å². The Hall–Kier alpha value is -3.04. The van der Waals surface area contributed by atoms with E-state index in [9.17, 15) is 14.4 Å². The number of carbonyl (C=O) groups is 3. The maximum Gasteiger partial charge on any atom is 0.324 e. The average Bonchev–Trinajstić information content (AvgIpc) is 3.10. The number of nitrogens with zero attached hydrogens (tertiary/aromatic N) is 1. The number of ether oxygens (including phenoxy) is 1. The fraction of sp³-hybridized carbons (Fsp3) is 0.323. The topological polar surface area (TPSA) is 102 Å². The molecule has 3 N–H and O–H groups in total. The van der Waals surface area contributed by atoms with Gasteiger partial charge in [0, 0.05) is 28.3 Å². The SMILES string of the molecule is CSCC[C@H](N)C(=O)OC1CCCc2cc(Cl)ccc2N1C(=O)c1ccc(NC(=O)c2ccccc2C)cc1C.Cl. The van der Waals surface area contributed by atoms with Gasteiger partial charge >= 0.3 is 5.97 Å². The zero-order chi connectivity index (χ0) is 28.8. The summed E-state index contributed by atoms with van der Waals surface area (Å²) in [6.45, 7) is 3.70. The van der Waals surface area contributed by atoms with Crippen LogP contribution >= 0.6 is 35.8 Å². The van der Waals surface area contributed by atoms with Crippen molar-refractivity contribution in [3.63, 3.8) is 0 Å². The fourth-order valence-corrected chi connectivity index (χ4v) is 5.50. The number of nitrogens with two attached hydrogens (primary N) is 1. The summed E-state index contributed by atoms with van der Waals surface area (Å²) in [7, 11) is 0. The second kappa shape index (κ2) is 14.7. The third-order valence-corrected chi connectivity index (χ3v) is 7.88. The number of rotatable bonds is 8. The Labute approximate surface area is 256 Å². The molecule has 0 bridgehead atoms. The second-order valence-corrected chi connectivity index (χ2v) is 11.3. The Kier molecular flexibility index (Phi) is 11.7. The first kappa shape index (κ1) is 32.5. The van der Waals surface area contributed by atoms with Crippen LogP contribution in [0.1, 0.15) is 56.7 Å². The van der Waals surface area contributed by atoms with Gasteiger partial charge in [0.15, 0.2) is 6.23 Å². The quantitative estimate of drug-likeness (QED) is 0.278. The molecule has 10 heteroatoms. The molecule has 7 nitrogen and oxygen atoms in total. The average molecular weight is 617 g/mol. The van der Waals surface area contributed by atoms with Crippen molar-refractivity contribution >= 4 is 64.9 Å². The summed E-state index contributed by atoms with van der Waals surface area (Å²) in [5, 5.41) is 3.49. The maximum absolute atomic E-state index is 14.1. The molecule has 0 radical (unpaired) electrons. The Bertz CT molecular complexity index is 1420. The number of anilines is 2. The summed E-state index contributed by atoms with van der Waals surface area (Å²) < 4.78 is 5.89. The molecule has 3 aromatic carbocycles. The van der Waals surface area contributed by atoms with E-state index in [1.54, 1.807) is 53.1 Å². The van der Waals surface area contributed by atoms with Crippen LogP contribution in [0.2, 0.25) is 5.02 Å². The number of thioether (sulfide) groups is 1. The largest absolute Gasteiger partial charge is 0.440 e. The molecule has 1 unspecified atom stereocenters. The van der Waals surface area contributed by atoms with Crippen molar-refractivity contribution in [2.24, 2.45) is 5.73 Å². The van der Waals surface area contributed by atoms with E-state index in [2.05, 4.69) is 5.32 Å². The Morgan fingerprint density at radius 2 is 1.83 bits per heavy atom. The highest BCUT2D eigenvalue weighted by Crippen LogP contribution is 2.34. The smallest absolute Gasteiger partial charge is 0.324 e. The third-order valence-electron chi connectivity index (χ3n) is 7.00. The van der Waals surface area contributed by atoms with Crippen LogP contribution in [-0.2, 0) is 16.0 Å². The van der Waals surface area contributed by atoms with Crippen LogP contribution in [-0.4, -0.2) is 42.1 Å². The van der Waals surface area contributed by atoms with Crippen molar-refractivity contribution in [1.82, 2.24) is 0 Å². The van der Waals surface area contributed by atoms with Gasteiger partial charge in [-0.3, -0.25) is 19.3 Å². The predicted molar refractivity (Wildman–Crippen MR) is 170 cm³/mol. The van der Waals surface area contributed by atoms with Crippen LogP contribution in [0, 0.1) is 13.8 Å². The van der Waals surface area contributed by atoms with Gasteiger partial charge in [0.25, 0.3) is 11.8 Å². The Morgan fingerprint density at radius 3 is 2.54 bits per heavy atom. The maximum atomic E-state index is 14.1. The van der Waals surface area contributed by atoms with Gasteiger partial charge in [-0.25, -0.2) is 0 Å². The third kappa shape index (κ3) is 7.83. The monoisotopic (exact) mass is 615 g/mol. The van der Waals surface area contributed by atoms with Crippen LogP contribution in [0.15, 0.2) is 60.7 Å². The zero-order valence-electron chi connectivity index (χ0n) is 23.3. The molecule has 0 saturated carbocycles. The minimum absolute atomic E-state index is 0. The van der Waals surface area contributed by atoms with Crippen LogP contribution in [0.3, 0.4) is 0 Å². The summed E-state index contributed by atoms with van der Waals surface area (Å²) in [5.41, 5.74) is 10.8. The minimum Gasteiger partial charge on any atom is -0.440 e. The first-order valence-corrected chi connectivity index (χ1v) is 15.0. The van der Waals surface area contributed by atoms with Gasteiger partial charge in [0.05, 0.1) is 5.69 Å². The van der Waals surface area contributed by atoms with Crippen LogP contribution < -0.4 is 16.0 Å². The molecule has 0 saturated heterocycles. The summed E-state index contributed by atoms with van der Waals surface area (Å²) in [5.74, 6) is -0.327. The van der Waals surface area contributed by atoms with Gasteiger partial charge in [-0.05, 0) is 104 Å². The minimum atomic E-state index is -0.817. The summed E-state index contributed by atoms with van der Waals surface area (Å²) in [6.07, 6.45) is 3.48. The van der Waals surface area contributed by atoms with E-state index < -0.39 is 18.2 Å². The highest BCUT2D eigenvalue weighted by molar-refractivity contribution is 7.98. The Balaban J connectivity index is 0.00000462. The lowest BCUT2D eigenvalue weighted by Crippen LogP contribution is -2.46. The van der Waals surface area contributed by atoms with Crippen LogP contribution in [0.5, 0.6) is 0 Å². The van der Waals surface area contributed by atoms with E-state index in [0.29, 0.717) is 58.8 Å². The number of carbonyl (C=O) groups excluding carboxylic acids is 3. The van der Waals surface area contributed by atoms with Crippen molar-refractivity contribution in [3.05, 3.63) is 93.5 Å². The van der Waals surface area contributed by atoms with Gasteiger partial charge in [-0.15, -0.1) is 12.4 Å². The molecule has 2 atom stereocenters. The lowest BCUT2D eigenvalue weighted by Gasteiger charge is -2.32. The van der Waals surface area contributed by atoms with E-state index in [1.807, 2.05) is 44.4 Å². The predicted octanol–water partition coefficient (Wildman–Crippen LogP) is 6.56. The first-order valence-electron chi connectivity index (χ1n) is 13.2. The zero-order valence-corrected chi connectivity index (χ0v) is 25.7. The summed E-state index contributed by atoms with van der Waals surface area (Å²) in [6, 6.07) is 17.1. The highest BCUT2D eigenvalue weighted by Gasteiger charge is 2.34. The number of aryl methyl sites for hydroxylation is 3. The number of hydrogen-bond donors (Lipinski definition) is 2. The van der Waals surface area contributed by atoms with Crippen molar-refractivity contribution in [2.45, 2.75) is 51.8 Å². The number of nitrogens with one attached hydrogen (secondary N) is 1. The summed E-state index contributed by atoms with van der Waals surface area (Å²) in [4.78, 5) is 41.4. The molecule has 1 heterocycles. The lowest BCUT2D eigenvalue weighted by molar-refractivity contribution is -0.150. The van der Waals surface area contributed by atoms with E-state index in [4.69, 9.17) is 22.1 Å². The number of amides is 2. The number of benzene rings is 3. The molecule has 3 aromatic rings. The van der Waals surface area contributed by atoms with Crippen LogP contribution in [0.25, 0.3) is 0 Å². The molecule has 0 fully saturated rings. The molecule has 218 valence electrons. The van der Waals surface area contributed by atoms with E-state index in [-0.39, 0.29) is 24.2 Å². The number of hydrogen-bond acceptors (Lipinski definition) is 6. The van der Waals surface area contributed by atoms with E-state index in [1.165, 1.54) is 0 Å². The molecular formula is C31H35Cl2N3O4S. The molecule has 1 aliphatic heterocycles. The molecule has 0 aliphatic carbocycles. The highest BCUT2D eigenvalue weighted by atomic mass is 35.5. The van der Waals surface area contributed by atoms with Crippen molar-refractivity contribution < 1.29 is 19.1 Å². The number of halogens is 2. The van der Waals surface area contributed by atoms with Crippen molar-refractivity contribution in [3.8, 4) is 0 Å². The van der Waals surface area contributed by atoms with Gasteiger partial charge in [0.2, 0.25) is 0 Å². The molecule has 0 aromatic heterocycles. The second-order valence-electron chi connectivity index (χ2n) is 9.92. The van der Waals surface area contributed by atoms with Crippen LogP contribution in [0.4, 0.5) is 11.4 Å². The molecule has 0 spiro atoms.